The number of benzene rings is 1. The molecule has 0 fully saturated rings. The molecule has 0 saturated heterocycles. The van der Waals surface area contributed by atoms with Crippen molar-refractivity contribution in [3.63, 3.8) is 0 Å². The van der Waals surface area contributed by atoms with Crippen molar-refractivity contribution < 1.29 is 18.3 Å². The fraction of sp³-hybridized carbons (Fsp3) is 0.579. The van der Waals surface area contributed by atoms with Crippen LogP contribution in [0.5, 0.6) is 0 Å². The molecule has 1 atom stereocenters. The number of hydrogen-bond donors (Lipinski definition) is 2. The van der Waals surface area contributed by atoms with Crippen LogP contribution in [-0.2, 0) is 14.8 Å². The van der Waals surface area contributed by atoms with Gasteiger partial charge in [-0.1, -0.05) is 51.8 Å². The molecule has 9 heteroatoms. The summed E-state index contributed by atoms with van der Waals surface area (Å²) in [5.74, 6) is -0.107. The number of carboxylic acid groups (broad SMARTS) is 1. The summed E-state index contributed by atoms with van der Waals surface area (Å²) in [4.78, 5) is 16.0. The fourth-order valence-electron chi connectivity index (χ4n) is 2.73. The molecule has 0 radical (unpaired) electrons. The minimum atomic E-state index is -3.92. The molecule has 1 heterocycles. The van der Waals surface area contributed by atoms with Crippen LogP contribution < -0.4 is 4.72 Å². The largest absolute Gasteiger partial charge is 0.480 e. The van der Waals surface area contributed by atoms with Crippen LogP contribution in [0, 0.1) is 5.92 Å². The monoisotopic (exact) mass is 444 g/mol. The van der Waals surface area contributed by atoms with Crippen molar-refractivity contribution >= 4 is 49.3 Å². The van der Waals surface area contributed by atoms with Gasteiger partial charge >= 0.3 is 5.97 Å². The molecular formula is C19H28N2O4S3. The Labute approximate surface area is 175 Å². The molecule has 0 amide bonds. The zero-order chi connectivity index (χ0) is 20.7. The third-order valence-corrected chi connectivity index (χ3v) is 7.89. The quantitative estimate of drug-likeness (QED) is 0.362. The Hall–Kier alpha value is -1.16. The standard InChI is InChI=1S/C19H28N2O4S3/c1-4-5-6-7-10-26-19-20-15-9-8-14(12-17(15)27-19)28(24,25)21-16(18(22)23)11-13(2)3/h8-9,12-13,16,21H,4-7,10-11H2,1-3H3,(H,22,23)/t16-/m1/s1. The van der Waals surface area contributed by atoms with Crippen molar-refractivity contribution in [3.05, 3.63) is 18.2 Å². The topological polar surface area (TPSA) is 96.4 Å². The molecule has 1 aromatic heterocycles. The van der Waals surface area contributed by atoms with Gasteiger partial charge in [0.2, 0.25) is 10.0 Å². The summed E-state index contributed by atoms with van der Waals surface area (Å²) in [5.41, 5.74) is 0.761. The van der Waals surface area contributed by atoms with Gasteiger partial charge in [-0.05, 0) is 37.0 Å². The van der Waals surface area contributed by atoms with E-state index in [4.69, 9.17) is 0 Å². The Kier molecular flexibility index (Phi) is 8.73. The van der Waals surface area contributed by atoms with Crippen molar-refractivity contribution in [2.75, 3.05) is 5.75 Å². The molecule has 0 aliphatic rings. The van der Waals surface area contributed by atoms with Gasteiger partial charge in [0.05, 0.1) is 15.1 Å². The van der Waals surface area contributed by atoms with Crippen LogP contribution in [0.1, 0.15) is 52.9 Å². The van der Waals surface area contributed by atoms with Crippen LogP contribution in [-0.4, -0.2) is 36.3 Å². The lowest BCUT2D eigenvalue weighted by Gasteiger charge is -2.16. The summed E-state index contributed by atoms with van der Waals surface area (Å²) in [5, 5.41) is 9.31. The van der Waals surface area contributed by atoms with Crippen molar-refractivity contribution in [1.82, 2.24) is 9.71 Å². The summed E-state index contributed by atoms with van der Waals surface area (Å²) in [6.07, 6.45) is 5.03. The van der Waals surface area contributed by atoms with Gasteiger partial charge in [-0.25, -0.2) is 13.4 Å². The summed E-state index contributed by atoms with van der Waals surface area (Å²) in [7, 11) is -3.92. The van der Waals surface area contributed by atoms with E-state index in [2.05, 4.69) is 16.6 Å². The van der Waals surface area contributed by atoms with Crippen LogP contribution in [0.3, 0.4) is 0 Å². The number of aromatic nitrogens is 1. The minimum Gasteiger partial charge on any atom is -0.480 e. The number of nitrogens with zero attached hydrogens (tertiary/aromatic N) is 1. The Morgan fingerprint density at radius 1 is 1.29 bits per heavy atom. The van der Waals surface area contributed by atoms with Gasteiger partial charge in [-0.15, -0.1) is 11.3 Å². The van der Waals surface area contributed by atoms with Gasteiger partial charge in [0.15, 0.2) is 4.34 Å². The van der Waals surface area contributed by atoms with E-state index in [0.29, 0.717) is 0 Å². The van der Waals surface area contributed by atoms with Gasteiger partial charge < -0.3 is 5.11 Å². The van der Waals surface area contributed by atoms with Crippen LogP contribution in [0.2, 0.25) is 0 Å². The SMILES string of the molecule is CCCCCCSc1nc2ccc(S(=O)(=O)N[C@H](CC(C)C)C(=O)O)cc2s1. The van der Waals surface area contributed by atoms with Gasteiger partial charge in [0.1, 0.15) is 6.04 Å². The third kappa shape index (κ3) is 6.72. The summed E-state index contributed by atoms with van der Waals surface area (Å²) < 4.78 is 29.3. The molecule has 0 aliphatic heterocycles. The van der Waals surface area contributed by atoms with Crippen LogP contribution in [0.15, 0.2) is 27.4 Å². The molecule has 0 unspecified atom stereocenters. The summed E-state index contributed by atoms with van der Waals surface area (Å²) in [6.45, 7) is 5.90. The van der Waals surface area contributed by atoms with E-state index < -0.39 is 22.0 Å². The number of sulfonamides is 1. The molecule has 6 nitrogen and oxygen atoms in total. The highest BCUT2D eigenvalue weighted by Gasteiger charge is 2.26. The first-order valence-electron chi connectivity index (χ1n) is 9.51. The number of rotatable bonds is 12. The summed E-state index contributed by atoms with van der Waals surface area (Å²) >= 11 is 3.17. The molecule has 2 N–H and O–H groups in total. The van der Waals surface area contributed by atoms with E-state index >= 15 is 0 Å². The highest BCUT2D eigenvalue weighted by molar-refractivity contribution is 8.01. The number of thiazole rings is 1. The second-order valence-corrected chi connectivity index (χ2v) is 11.2. The van der Waals surface area contributed by atoms with Crippen molar-refractivity contribution in [2.45, 2.75) is 68.2 Å². The Morgan fingerprint density at radius 2 is 2.04 bits per heavy atom. The molecule has 2 aromatic rings. The maximum atomic E-state index is 12.7. The predicted octanol–water partition coefficient (Wildman–Crippen LogP) is 4.75. The molecule has 0 bridgehead atoms. The maximum Gasteiger partial charge on any atom is 0.321 e. The number of carboxylic acids is 1. The highest BCUT2D eigenvalue weighted by Crippen LogP contribution is 2.31. The third-order valence-electron chi connectivity index (χ3n) is 4.18. The van der Waals surface area contributed by atoms with E-state index in [9.17, 15) is 18.3 Å². The van der Waals surface area contributed by atoms with E-state index in [1.807, 2.05) is 13.8 Å². The first-order valence-corrected chi connectivity index (χ1v) is 12.8. The Balaban J connectivity index is 2.12. The Bertz CT molecular complexity index is 894. The zero-order valence-electron chi connectivity index (χ0n) is 16.5. The van der Waals surface area contributed by atoms with Gasteiger partial charge in [-0.2, -0.15) is 4.72 Å². The van der Waals surface area contributed by atoms with Crippen LogP contribution in [0.4, 0.5) is 0 Å². The van der Waals surface area contributed by atoms with Gasteiger partial charge in [0.25, 0.3) is 0 Å². The molecule has 28 heavy (non-hydrogen) atoms. The second kappa shape index (κ2) is 10.6. The molecule has 2 rings (SSSR count). The zero-order valence-corrected chi connectivity index (χ0v) is 18.9. The molecule has 0 aliphatic carbocycles. The first kappa shape index (κ1) is 23.1. The minimum absolute atomic E-state index is 0.0599. The van der Waals surface area contributed by atoms with E-state index in [-0.39, 0.29) is 17.2 Å². The number of aliphatic carboxylic acids is 1. The molecule has 0 saturated carbocycles. The average Bonchev–Trinajstić information content (AvgIpc) is 3.02. The molecule has 0 spiro atoms. The Morgan fingerprint density at radius 3 is 2.68 bits per heavy atom. The van der Waals surface area contributed by atoms with Crippen molar-refractivity contribution in [1.29, 1.82) is 0 Å². The number of carbonyl (C=O) groups is 1. The van der Waals surface area contributed by atoms with Crippen LogP contribution in [0.25, 0.3) is 10.2 Å². The van der Waals surface area contributed by atoms with E-state index in [1.54, 1.807) is 23.9 Å². The lowest BCUT2D eigenvalue weighted by Crippen LogP contribution is -2.41. The fourth-order valence-corrected chi connectivity index (χ4v) is 6.21. The second-order valence-electron chi connectivity index (χ2n) is 7.16. The van der Waals surface area contributed by atoms with Crippen molar-refractivity contribution in [3.8, 4) is 0 Å². The number of hydrogen-bond acceptors (Lipinski definition) is 6. The van der Waals surface area contributed by atoms with E-state index in [0.717, 1.165) is 26.7 Å². The number of fused-ring (bicyclic) bond motifs is 1. The average molecular weight is 445 g/mol. The molecular weight excluding hydrogens is 416 g/mol. The lowest BCUT2D eigenvalue weighted by atomic mass is 10.1. The number of nitrogens with one attached hydrogen (secondary N) is 1. The lowest BCUT2D eigenvalue weighted by molar-refractivity contribution is -0.139. The maximum absolute atomic E-state index is 12.7. The van der Waals surface area contributed by atoms with Gasteiger partial charge in [0, 0.05) is 5.75 Å². The van der Waals surface area contributed by atoms with Gasteiger partial charge in [-0.3, -0.25) is 4.79 Å². The summed E-state index contributed by atoms with van der Waals surface area (Å²) in [6, 6.07) is 3.59. The molecule has 156 valence electrons. The van der Waals surface area contributed by atoms with E-state index in [1.165, 1.54) is 36.7 Å². The smallest absolute Gasteiger partial charge is 0.321 e. The number of thioether (sulfide) groups is 1. The molecule has 1 aromatic carbocycles. The number of unbranched alkanes of at least 4 members (excludes halogenated alkanes) is 3. The first-order chi connectivity index (χ1) is 13.2. The highest BCUT2D eigenvalue weighted by atomic mass is 32.2. The van der Waals surface area contributed by atoms with Crippen LogP contribution >= 0.6 is 23.1 Å². The normalized spacial score (nSPS) is 13.3. The van der Waals surface area contributed by atoms with Crippen molar-refractivity contribution in [2.24, 2.45) is 5.92 Å². The predicted molar refractivity (Wildman–Crippen MR) is 116 cm³/mol.